The maximum Gasteiger partial charge on any atom is 0.130 e. The van der Waals surface area contributed by atoms with Crippen molar-refractivity contribution in [2.45, 2.75) is 10.6 Å². The highest BCUT2D eigenvalue weighted by atomic mass is 32.2. The molecule has 0 saturated heterocycles. The zero-order valence-corrected chi connectivity index (χ0v) is 10.7. The summed E-state index contributed by atoms with van der Waals surface area (Å²) in [4.78, 5) is 0.908. The number of rotatable bonds is 4. The first-order valence-electron chi connectivity index (χ1n) is 5.43. The first kappa shape index (κ1) is 12.8. The van der Waals surface area contributed by atoms with Gasteiger partial charge in [-0.25, -0.2) is 4.39 Å². The monoisotopic (exact) mass is 264 g/mol. The number of hydrogen-bond acceptors (Lipinski definition) is 3. The van der Waals surface area contributed by atoms with Gasteiger partial charge < -0.3 is 9.84 Å². The number of halogens is 1. The number of thioether (sulfide) groups is 1. The molecule has 0 aliphatic carbocycles. The average Bonchev–Trinajstić information content (AvgIpc) is 2.37. The summed E-state index contributed by atoms with van der Waals surface area (Å²) >= 11 is 1.47. The number of aromatic hydroxyl groups is 1. The van der Waals surface area contributed by atoms with Gasteiger partial charge in [0.05, 0.1) is 7.11 Å². The third-order valence-electron chi connectivity index (χ3n) is 2.47. The molecule has 0 fully saturated rings. The van der Waals surface area contributed by atoms with E-state index in [0.717, 1.165) is 4.90 Å². The molecule has 2 aromatic rings. The molecule has 0 saturated carbocycles. The van der Waals surface area contributed by atoms with Crippen LogP contribution < -0.4 is 4.74 Å². The highest BCUT2D eigenvalue weighted by Gasteiger charge is 2.05. The van der Waals surface area contributed by atoms with E-state index in [4.69, 9.17) is 4.74 Å². The highest BCUT2D eigenvalue weighted by molar-refractivity contribution is 7.98. The lowest BCUT2D eigenvalue weighted by molar-refractivity contribution is 0.411. The van der Waals surface area contributed by atoms with Gasteiger partial charge in [0, 0.05) is 16.7 Å². The number of phenols is 1. The van der Waals surface area contributed by atoms with Gasteiger partial charge in [-0.1, -0.05) is 12.1 Å². The van der Waals surface area contributed by atoms with Gasteiger partial charge in [0.15, 0.2) is 0 Å². The summed E-state index contributed by atoms with van der Waals surface area (Å²) in [5.74, 6) is 0.968. The molecule has 94 valence electrons. The van der Waals surface area contributed by atoms with Crippen LogP contribution in [0.1, 0.15) is 5.56 Å². The molecule has 0 aromatic heterocycles. The molecular formula is C14H13FO2S. The Morgan fingerprint density at radius 1 is 1.22 bits per heavy atom. The van der Waals surface area contributed by atoms with Gasteiger partial charge in [0.1, 0.15) is 17.3 Å². The van der Waals surface area contributed by atoms with Crippen molar-refractivity contribution in [1.82, 2.24) is 0 Å². The Balaban J connectivity index is 2.06. The van der Waals surface area contributed by atoms with E-state index in [1.807, 2.05) is 6.07 Å². The minimum absolute atomic E-state index is 0.218. The van der Waals surface area contributed by atoms with Crippen molar-refractivity contribution < 1.29 is 14.2 Å². The number of methoxy groups -OCH3 is 1. The Morgan fingerprint density at radius 3 is 2.72 bits per heavy atom. The van der Waals surface area contributed by atoms with E-state index in [-0.39, 0.29) is 11.6 Å². The van der Waals surface area contributed by atoms with Crippen molar-refractivity contribution in [2.75, 3.05) is 7.11 Å². The molecule has 2 aromatic carbocycles. The van der Waals surface area contributed by atoms with Crippen LogP contribution in [-0.2, 0) is 5.75 Å². The van der Waals surface area contributed by atoms with Crippen LogP contribution in [0, 0.1) is 5.82 Å². The van der Waals surface area contributed by atoms with E-state index in [9.17, 15) is 9.50 Å². The molecule has 0 aliphatic heterocycles. The van der Waals surface area contributed by atoms with Gasteiger partial charge in [0.25, 0.3) is 0 Å². The summed E-state index contributed by atoms with van der Waals surface area (Å²) in [6.07, 6.45) is 0. The molecule has 1 N–H and O–H groups in total. The van der Waals surface area contributed by atoms with Crippen LogP contribution in [0.15, 0.2) is 47.4 Å². The lowest BCUT2D eigenvalue weighted by atomic mass is 10.2. The Morgan fingerprint density at radius 2 is 2.06 bits per heavy atom. The van der Waals surface area contributed by atoms with E-state index < -0.39 is 0 Å². The molecule has 0 amide bonds. The third kappa shape index (κ3) is 3.17. The summed E-state index contributed by atoms with van der Waals surface area (Å²) in [6, 6.07) is 11.7. The number of benzene rings is 2. The van der Waals surface area contributed by atoms with Crippen LogP contribution in [0.25, 0.3) is 0 Å². The molecule has 0 atom stereocenters. The summed E-state index contributed by atoms with van der Waals surface area (Å²) in [7, 11) is 1.51. The van der Waals surface area contributed by atoms with E-state index in [2.05, 4.69) is 0 Å². The normalized spacial score (nSPS) is 10.3. The second-order valence-electron chi connectivity index (χ2n) is 3.74. The van der Waals surface area contributed by atoms with Gasteiger partial charge in [-0.15, -0.1) is 11.8 Å². The van der Waals surface area contributed by atoms with Gasteiger partial charge in [-0.3, -0.25) is 0 Å². The summed E-state index contributed by atoms with van der Waals surface area (Å²) in [5.41, 5.74) is 0.615. The zero-order chi connectivity index (χ0) is 13.0. The first-order chi connectivity index (χ1) is 8.69. The number of ether oxygens (including phenoxy) is 1. The fraction of sp³-hybridized carbons (Fsp3) is 0.143. The first-order valence-corrected chi connectivity index (χ1v) is 6.42. The van der Waals surface area contributed by atoms with Crippen LogP contribution in [0.3, 0.4) is 0 Å². The third-order valence-corrected chi connectivity index (χ3v) is 3.51. The predicted octanol–water partition coefficient (Wildman–Crippen LogP) is 3.83. The molecule has 2 rings (SSSR count). The molecule has 0 bridgehead atoms. The van der Waals surface area contributed by atoms with Crippen molar-refractivity contribution in [2.24, 2.45) is 0 Å². The molecule has 0 aliphatic rings. The van der Waals surface area contributed by atoms with Gasteiger partial charge in [0.2, 0.25) is 0 Å². The topological polar surface area (TPSA) is 29.5 Å². The van der Waals surface area contributed by atoms with E-state index in [1.165, 1.54) is 24.9 Å². The molecule has 0 heterocycles. The van der Waals surface area contributed by atoms with Gasteiger partial charge in [-0.2, -0.15) is 0 Å². The fourth-order valence-corrected chi connectivity index (χ4v) is 2.44. The second kappa shape index (κ2) is 5.78. The van der Waals surface area contributed by atoms with Crippen LogP contribution in [0.5, 0.6) is 11.5 Å². The maximum atomic E-state index is 13.7. The number of phenolic OH excluding ortho intramolecular Hbond substituents is 1. The quantitative estimate of drug-likeness (QED) is 0.851. The molecular weight excluding hydrogens is 251 g/mol. The van der Waals surface area contributed by atoms with Crippen molar-refractivity contribution >= 4 is 11.8 Å². The average molecular weight is 264 g/mol. The Labute approximate surface area is 109 Å². The van der Waals surface area contributed by atoms with Gasteiger partial charge >= 0.3 is 0 Å². The molecule has 0 spiro atoms. The van der Waals surface area contributed by atoms with E-state index in [1.54, 1.807) is 30.3 Å². The fourth-order valence-electron chi connectivity index (χ4n) is 1.51. The Bertz CT molecular complexity index is 543. The predicted molar refractivity (Wildman–Crippen MR) is 70.6 cm³/mol. The van der Waals surface area contributed by atoms with Crippen molar-refractivity contribution in [1.29, 1.82) is 0 Å². The molecule has 4 heteroatoms. The van der Waals surface area contributed by atoms with Gasteiger partial charge in [-0.05, 0) is 29.8 Å². The summed E-state index contributed by atoms with van der Waals surface area (Å²) < 4.78 is 18.6. The van der Waals surface area contributed by atoms with Crippen LogP contribution >= 0.6 is 11.8 Å². The van der Waals surface area contributed by atoms with Crippen molar-refractivity contribution in [3.63, 3.8) is 0 Å². The second-order valence-corrected chi connectivity index (χ2v) is 4.79. The van der Waals surface area contributed by atoms with E-state index in [0.29, 0.717) is 17.1 Å². The largest absolute Gasteiger partial charge is 0.508 e. The van der Waals surface area contributed by atoms with Crippen molar-refractivity contribution in [3.05, 3.63) is 53.8 Å². The lowest BCUT2D eigenvalue weighted by Gasteiger charge is -2.06. The standard InChI is InChI=1S/C14H13FO2S/c1-17-12-6-5-10(14(15)8-12)9-18-13-4-2-3-11(16)7-13/h2-8,16H,9H2,1H3. The Kier molecular flexibility index (Phi) is 4.10. The summed E-state index contributed by atoms with van der Waals surface area (Å²) in [5, 5.41) is 9.33. The Hall–Kier alpha value is -1.68. The summed E-state index contributed by atoms with van der Waals surface area (Å²) in [6.45, 7) is 0. The molecule has 18 heavy (non-hydrogen) atoms. The van der Waals surface area contributed by atoms with Crippen LogP contribution in [0.4, 0.5) is 4.39 Å². The zero-order valence-electron chi connectivity index (χ0n) is 9.89. The molecule has 0 unspecified atom stereocenters. The van der Waals surface area contributed by atoms with Crippen molar-refractivity contribution in [3.8, 4) is 11.5 Å². The SMILES string of the molecule is COc1ccc(CSc2cccc(O)c2)c(F)c1. The molecule has 2 nitrogen and oxygen atoms in total. The number of hydrogen-bond donors (Lipinski definition) is 1. The molecule has 0 radical (unpaired) electrons. The maximum absolute atomic E-state index is 13.7. The van der Waals surface area contributed by atoms with E-state index >= 15 is 0 Å². The minimum atomic E-state index is -0.276. The minimum Gasteiger partial charge on any atom is -0.508 e. The highest BCUT2D eigenvalue weighted by Crippen LogP contribution is 2.27. The lowest BCUT2D eigenvalue weighted by Crippen LogP contribution is -1.90. The van der Waals surface area contributed by atoms with Crippen LogP contribution in [0.2, 0.25) is 0 Å². The van der Waals surface area contributed by atoms with Crippen LogP contribution in [-0.4, -0.2) is 12.2 Å². The smallest absolute Gasteiger partial charge is 0.130 e.